The summed E-state index contributed by atoms with van der Waals surface area (Å²) in [4.78, 5) is 16.6. The Hall–Kier alpha value is -2.76. The van der Waals surface area contributed by atoms with Crippen LogP contribution >= 0.6 is 23.2 Å². The highest BCUT2D eigenvalue weighted by atomic mass is 35.5. The number of nitrogens with zero attached hydrogens (tertiary/aromatic N) is 1. The predicted molar refractivity (Wildman–Crippen MR) is 103 cm³/mol. The number of nitrogens with two attached hydrogens (primary N) is 1. The monoisotopic (exact) mass is 388 g/mol. The quantitative estimate of drug-likeness (QED) is 0.304. The third-order valence-electron chi connectivity index (χ3n) is 3.53. The normalized spacial score (nSPS) is 11.4. The number of fused-ring (bicyclic) bond motifs is 1. The molecule has 0 fully saturated rings. The lowest BCUT2D eigenvalue weighted by Crippen LogP contribution is -2.18. The molecule has 2 N–H and O–H groups in total. The number of rotatable bonds is 5. The van der Waals surface area contributed by atoms with E-state index < -0.39 is 5.97 Å². The van der Waals surface area contributed by atoms with Crippen molar-refractivity contribution in [3.8, 4) is 5.75 Å². The van der Waals surface area contributed by atoms with Gasteiger partial charge >= 0.3 is 5.97 Å². The predicted octanol–water partition coefficient (Wildman–Crippen LogP) is 4.39. The van der Waals surface area contributed by atoms with Gasteiger partial charge in [0.2, 0.25) is 0 Å². The van der Waals surface area contributed by atoms with Crippen molar-refractivity contribution < 1.29 is 14.4 Å². The zero-order valence-electron chi connectivity index (χ0n) is 13.5. The summed E-state index contributed by atoms with van der Waals surface area (Å²) >= 11 is 11.8. The van der Waals surface area contributed by atoms with Gasteiger partial charge in [0.25, 0.3) is 0 Å². The first kappa shape index (κ1) is 18.0. The average molecular weight is 389 g/mol. The Kier molecular flexibility index (Phi) is 5.61. The van der Waals surface area contributed by atoms with Crippen molar-refractivity contribution in [3.63, 3.8) is 0 Å². The lowest BCUT2D eigenvalue weighted by atomic mass is 10.1. The minimum absolute atomic E-state index is 0.0364. The molecule has 132 valence electrons. The number of hydrogen-bond donors (Lipinski definition) is 1. The minimum Gasteiger partial charge on any atom is -0.482 e. The maximum absolute atomic E-state index is 11.8. The molecule has 0 amide bonds. The summed E-state index contributed by atoms with van der Waals surface area (Å²) < 4.78 is 5.43. The highest BCUT2D eigenvalue weighted by molar-refractivity contribution is 6.36. The fraction of sp³-hybridized carbons (Fsp3) is 0.0526. The van der Waals surface area contributed by atoms with Gasteiger partial charge in [-0.15, -0.1) is 0 Å². The van der Waals surface area contributed by atoms with Gasteiger partial charge in [-0.1, -0.05) is 58.7 Å². The zero-order valence-corrected chi connectivity index (χ0v) is 15.0. The standard InChI is InChI=1S/C19H14Cl2N2O3/c20-14-6-8-16(17(21)10-14)19(22)23-26-18(24)11-25-15-7-5-12-3-1-2-4-13(12)9-15/h1-10H,11H2,(H2,22,23). The molecule has 0 atom stereocenters. The molecule has 0 saturated carbocycles. The number of carbonyl (C=O) groups excluding carboxylic acids is 1. The molecule has 3 aromatic rings. The molecule has 3 rings (SSSR count). The summed E-state index contributed by atoms with van der Waals surface area (Å²) in [5, 5.41) is 6.45. The van der Waals surface area contributed by atoms with E-state index >= 15 is 0 Å². The Labute approximate surface area is 159 Å². The van der Waals surface area contributed by atoms with Crippen molar-refractivity contribution in [2.24, 2.45) is 10.9 Å². The molecule has 0 aliphatic rings. The SMILES string of the molecule is N/C(=N\OC(=O)COc1ccc2ccccc2c1)c1ccc(Cl)cc1Cl. The van der Waals surface area contributed by atoms with Crippen LogP contribution in [0, 0.1) is 0 Å². The topological polar surface area (TPSA) is 73.9 Å². The number of amidine groups is 1. The van der Waals surface area contributed by atoms with E-state index in [0.717, 1.165) is 10.8 Å². The molecule has 0 bridgehead atoms. The second kappa shape index (κ2) is 8.08. The largest absolute Gasteiger partial charge is 0.482 e. The van der Waals surface area contributed by atoms with E-state index in [2.05, 4.69) is 5.16 Å². The Morgan fingerprint density at radius 2 is 1.77 bits per heavy atom. The van der Waals surface area contributed by atoms with Crippen LogP contribution in [-0.4, -0.2) is 18.4 Å². The van der Waals surface area contributed by atoms with Crippen LogP contribution in [0.15, 0.2) is 65.8 Å². The molecule has 0 aliphatic carbocycles. The van der Waals surface area contributed by atoms with Crippen molar-refractivity contribution in [1.82, 2.24) is 0 Å². The van der Waals surface area contributed by atoms with E-state index in [0.29, 0.717) is 21.4 Å². The Bertz CT molecular complexity index is 989. The van der Waals surface area contributed by atoms with Crippen LogP contribution in [0.4, 0.5) is 0 Å². The smallest absolute Gasteiger partial charge is 0.372 e. The summed E-state index contributed by atoms with van der Waals surface area (Å²) in [5.41, 5.74) is 6.18. The Balaban J connectivity index is 1.59. The second-order valence-corrected chi connectivity index (χ2v) is 6.21. The van der Waals surface area contributed by atoms with E-state index in [-0.39, 0.29) is 12.4 Å². The number of benzene rings is 3. The van der Waals surface area contributed by atoms with Gasteiger partial charge in [0.05, 0.1) is 5.02 Å². The first-order valence-corrected chi connectivity index (χ1v) is 8.39. The molecule has 0 radical (unpaired) electrons. The van der Waals surface area contributed by atoms with Gasteiger partial charge in [0.1, 0.15) is 5.75 Å². The van der Waals surface area contributed by atoms with E-state index in [1.54, 1.807) is 18.2 Å². The summed E-state index contributed by atoms with van der Waals surface area (Å²) in [5.74, 6) is -0.171. The molecule has 0 spiro atoms. The summed E-state index contributed by atoms with van der Waals surface area (Å²) in [7, 11) is 0. The molecule has 26 heavy (non-hydrogen) atoms. The van der Waals surface area contributed by atoms with Crippen molar-refractivity contribution in [1.29, 1.82) is 0 Å². The Morgan fingerprint density at radius 3 is 2.54 bits per heavy atom. The van der Waals surface area contributed by atoms with Gasteiger partial charge in [-0.25, -0.2) is 4.79 Å². The fourth-order valence-electron chi connectivity index (χ4n) is 2.27. The van der Waals surface area contributed by atoms with Crippen LogP contribution in [0.2, 0.25) is 10.0 Å². The fourth-order valence-corrected chi connectivity index (χ4v) is 2.78. The number of ether oxygens (including phenoxy) is 1. The average Bonchev–Trinajstić information content (AvgIpc) is 2.64. The van der Waals surface area contributed by atoms with Gasteiger partial charge in [0.15, 0.2) is 12.4 Å². The highest BCUT2D eigenvalue weighted by Gasteiger charge is 2.09. The van der Waals surface area contributed by atoms with Gasteiger partial charge in [-0.2, -0.15) is 0 Å². The molecule has 5 nitrogen and oxygen atoms in total. The van der Waals surface area contributed by atoms with Gasteiger partial charge in [-0.3, -0.25) is 0 Å². The summed E-state index contributed by atoms with van der Waals surface area (Å²) in [6.45, 7) is -0.302. The molecule has 0 saturated heterocycles. The van der Waals surface area contributed by atoms with E-state index in [1.165, 1.54) is 6.07 Å². The molecular formula is C19H14Cl2N2O3. The molecule has 0 aromatic heterocycles. The van der Waals surface area contributed by atoms with Crippen molar-refractivity contribution in [2.75, 3.05) is 6.61 Å². The molecular weight excluding hydrogens is 375 g/mol. The highest BCUT2D eigenvalue weighted by Crippen LogP contribution is 2.21. The van der Waals surface area contributed by atoms with Crippen LogP contribution in [0.3, 0.4) is 0 Å². The zero-order chi connectivity index (χ0) is 18.5. The maximum atomic E-state index is 11.8. The lowest BCUT2D eigenvalue weighted by Gasteiger charge is -2.06. The van der Waals surface area contributed by atoms with Gasteiger partial charge in [-0.05, 0) is 41.1 Å². The second-order valence-electron chi connectivity index (χ2n) is 5.36. The molecule has 0 aliphatic heterocycles. The summed E-state index contributed by atoms with van der Waals surface area (Å²) in [6.07, 6.45) is 0. The van der Waals surface area contributed by atoms with Crippen LogP contribution in [0.5, 0.6) is 5.75 Å². The van der Waals surface area contributed by atoms with Gasteiger partial charge < -0.3 is 15.3 Å². The lowest BCUT2D eigenvalue weighted by molar-refractivity contribution is -0.146. The first-order valence-electron chi connectivity index (χ1n) is 7.63. The van der Waals surface area contributed by atoms with E-state index in [9.17, 15) is 4.79 Å². The van der Waals surface area contributed by atoms with Crippen molar-refractivity contribution in [3.05, 3.63) is 76.3 Å². The molecule has 7 heteroatoms. The summed E-state index contributed by atoms with van der Waals surface area (Å²) in [6, 6.07) is 18.1. The molecule has 3 aromatic carbocycles. The van der Waals surface area contributed by atoms with Crippen molar-refractivity contribution in [2.45, 2.75) is 0 Å². The van der Waals surface area contributed by atoms with Crippen LogP contribution < -0.4 is 10.5 Å². The number of oxime groups is 1. The molecule has 0 unspecified atom stereocenters. The van der Waals surface area contributed by atoms with Crippen LogP contribution in [0.1, 0.15) is 5.56 Å². The van der Waals surface area contributed by atoms with E-state index in [1.807, 2.05) is 36.4 Å². The van der Waals surface area contributed by atoms with Crippen LogP contribution in [-0.2, 0) is 9.63 Å². The number of hydrogen-bond acceptors (Lipinski definition) is 4. The minimum atomic E-state index is -0.689. The van der Waals surface area contributed by atoms with Crippen LogP contribution in [0.25, 0.3) is 10.8 Å². The van der Waals surface area contributed by atoms with Crippen molar-refractivity contribution >= 4 is 45.8 Å². The third-order valence-corrected chi connectivity index (χ3v) is 4.08. The number of halogens is 2. The number of carbonyl (C=O) groups is 1. The van der Waals surface area contributed by atoms with Gasteiger partial charge in [0, 0.05) is 10.6 Å². The third kappa shape index (κ3) is 4.45. The van der Waals surface area contributed by atoms with E-state index in [4.69, 9.17) is 38.5 Å². The Morgan fingerprint density at radius 1 is 1.00 bits per heavy atom. The molecule has 0 heterocycles. The first-order chi connectivity index (χ1) is 12.5. The maximum Gasteiger partial charge on any atom is 0.372 e.